The molecule has 0 amide bonds. The molecule has 1 heterocycles. The summed E-state index contributed by atoms with van der Waals surface area (Å²) in [6, 6.07) is 1.62. The van der Waals surface area contributed by atoms with Gasteiger partial charge in [-0.15, -0.1) is 0 Å². The molecular formula is C12H18N4O3S. The Morgan fingerprint density at radius 3 is 2.45 bits per heavy atom. The Morgan fingerprint density at radius 2 is 2.00 bits per heavy atom. The second kappa shape index (κ2) is 6.63. The van der Waals surface area contributed by atoms with Crippen LogP contribution in [0.1, 0.15) is 12.5 Å². The zero-order chi connectivity index (χ0) is 15.4. The molecule has 20 heavy (non-hydrogen) atoms. The molecule has 0 aromatic carbocycles. The fraction of sp³-hybridized carbons (Fsp3) is 0.583. The van der Waals surface area contributed by atoms with Gasteiger partial charge in [0, 0.05) is 25.4 Å². The maximum atomic E-state index is 11.9. The van der Waals surface area contributed by atoms with Crippen molar-refractivity contribution in [2.24, 2.45) is 14.1 Å². The Labute approximate surface area is 120 Å². The molecule has 1 rings (SSSR count). The molecule has 1 aromatic rings. The molecule has 0 radical (unpaired) electrons. The Bertz CT molecular complexity index is 640. The lowest BCUT2D eigenvalue weighted by molar-refractivity contribution is 0.288. The van der Waals surface area contributed by atoms with E-state index >= 15 is 0 Å². The molecule has 0 fully saturated rings. The number of hydrogen-bond acceptors (Lipinski definition) is 6. The van der Waals surface area contributed by atoms with Crippen molar-refractivity contribution in [2.75, 3.05) is 18.2 Å². The van der Waals surface area contributed by atoms with Crippen LogP contribution in [0.4, 0.5) is 5.82 Å². The average molecular weight is 298 g/mol. The zero-order valence-electron chi connectivity index (χ0n) is 11.9. The van der Waals surface area contributed by atoms with Crippen LogP contribution in [0.3, 0.4) is 0 Å². The van der Waals surface area contributed by atoms with Crippen LogP contribution in [0.2, 0.25) is 0 Å². The quantitative estimate of drug-likeness (QED) is 0.759. The summed E-state index contributed by atoms with van der Waals surface area (Å²) in [5.41, 5.74) is -1.25. The third-order valence-electron chi connectivity index (χ3n) is 3.18. The van der Waals surface area contributed by atoms with E-state index in [1.165, 1.54) is 30.4 Å². The number of aliphatic hydroxyl groups is 1. The van der Waals surface area contributed by atoms with Crippen LogP contribution in [0.15, 0.2) is 9.59 Å². The van der Waals surface area contributed by atoms with Gasteiger partial charge in [0.25, 0.3) is 5.56 Å². The summed E-state index contributed by atoms with van der Waals surface area (Å²) in [6.07, 6.45) is 1.85. The molecule has 0 aliphatic rings. The van der Waals surface area contributed by atoms with E-state index in [4.69, 9.17) is 5.26 Å². The Kier molecular flexibility index (Phi) is 5.42. The molecule has 110 valence electrons. The van der Waals surface area contributed by atoms with Crippen LogP contribution in [0.5, 0.6) is 0 Å². The fourth-order valence-corrected chi connectivity index (χ4v) is 2.48. The van der Waals surface area contributed by atoms with Crippen molar-refractivity contribution in [2.45, 2.75) is 18.2 Å². The number of aliphatic hydroxyl groups excluding tert-OH is 1. The molecule has 2 N–H and O–H groups in total. The van der Waals surface area contributed by atoms with Crippen LogP contribution in [-0.4, -0.2) is 38.4 Å². The number of nitriles is 1. The summed E-state index contributed by atoms with van der Waals surface area (Å²) in [6.45, 7) is 1.77. The van der Waals surface area contributed by atoms with Gasteiger partial charge in [-0.05, 0) is 13.2 Å². The van der Waals surface area contributed by atoms with Gasteiger partial charge in [0.2, 0.25) is 0 Å². The summed E-state index contributed by atoms with van der Waals surface area (Å²) in [4.78, 5) is 23.8. The molecule has 1 aromatic heterocycles. The molecule has 2 atom stereocenters. The minimum absolute atomic E-state index is 0.0456. The summed E-state index contributed by atoms with van der Waals surface area (Å²) >= 11 is 1.46. The van der Waals surface area contributed by atoms with Crippen LogP contribution < -0.4 is 16.6 Å². The van der Waals surface area contributed by atoms with Crippen LogP contribution in [-0.2, 0) is 14.1 Å². The first-order valence-corrected chi connectivity index (χ1v) is 7.28. The average Bonchev–Trinajstić information content (AvgIpc) is 2.44. The standard InChI is InChI=1S/C12H18N4O3S/c1-7(9(6-17)20-4)14-10-8(5-13)11(18)16(3)12(19)15(10)2/h7,9,14,17H,6H2,1-4H3. The van der Waals surface area contributed by atoms with Gasteiger partial charge < -0.3 is 10.4 Å². The summed E-state index contributed by atoms with van der Waals surface area (Å²) in [7, 11) is 2.82. The van der Waals surface area contributed by atoms with Crippen molar-refractivity contribution in [3.63, 3.8) is 0 Å². The monoisotopic (exact) mass is 298 g/mol. The molecule has 0 saturated carbocycles. The number of nitrogens with one attached hydrogen (secondary N) is 1. The van der Waals surface area contributed by atoms with E-state index in [1.54, 1.807) is 0 Å². The van der Waals surface area contributed by atoms with Gasteiger partial charge in [-0.25, -0.2) is 4.79 Å². The predicted molar refractivity (Wildman–Crippen MR) is 79.1 cm³/mol. The Hall–Kier alpha value is -1.72. The molecular weight excluding hydrogens is 280 g/mol. The molecule has 7 nitrogen and oxygen atoms in total. The van der Waals surface area contributed by atoms with E-state index < -0.39 is 11.2 Å². The number of nitrogens with zero attached hydrogens (tertiary/aromatic N) is 3. The molecule has 0 bridgehead atoms. The van der Waals surface area contributed by atoms with Crippen molar-refractivity contribution < 1.29 is 5.11 Å². The smallest absolute Gasteiger partial charge is 0.332 e. The normalized spacial score (nSPS) is 13.6. The topological polar surface area (TPSA) is 100 Å². The first kappa shape index (κ1) is 16.3. The summed E-state index contributed by atoms with van der Waals surface area (Å²) < 4.78 is 2.12. The minimum atomic E-state index is -0.630. The van der Waals surface area contributed by atoms with Crippen LogP contribution >= 0.6 is 11.8 Å². The largest absolute Gasteiger partial charge is 0.395 e. The predicted octanol–water partition coefficient (Wildman–Crippen LogP) is -0.520. The number of hydrogen-bond donors (Lipinski definition) is 2. The number of rotatable bonds is 5. The van der Waals surface area contributed by atoms with Crippen LogP contribution in [0, 0.1) is 11.3 Å². The lowest BCUT2D eigenvalue weighted by atomic mass is 10.2. The van der Waals surface area contributed by atoms with Crippen LogP contribution in [0.25, 0.3) is 0 Å². The fourth-order valence-electron chi connectivity index (χ4n) is 1.86. The van der Waals surface area contributed by atoms with Gasteiger partial charge in [0.1, 0.15) is 11.9 Å². The maximum absolute atomic E-state index is 11.9. The van der Waals surface area contributed by atoms with Crippen molar-refractivity contribution in [3.8, 4) is 6.07 Å². The molecule has 0 spiro atoms. The highest BCUT2D eigenvalue weighted by atomic mass is 32.2. The summed E-state index contributed by atoms with van der Waals surface area (Å²) in [5, 5.41) is 21.3. The molecule has 0 saturated heterocycles. The Balaban J connectivity index is 3.36. The second-order valence-electron chi connectivity index (χ2n) is 4.43. The van der Waals surface area contributed by atoms with Gasteiger partial charge in [-0.2, -0.15) is 17.0 Å². The van der Waals surface area contributed by atoms with Gasteiger partial charge in [0.15, 0.2) is 5.56 Å². The van der Waals surface area contributed by atoms with E-state index in [9.17, 15) is 14.7 Å². The highest BCUT2D eigenvalue weighted by Crippen LogP contribution is 2.16. The van der Waals surface area contributed by atoms with Gasteiger partial charge in [-0.3, -0.25) is 13.9 Å². The van der Waals surface area contributed by atoms with E-state index in [0.717, 1.165) is 4.57 Å². The van der Waals surface area contributed by atoms with E-state index in [2.05, 4.69) is 5.32 Å². The molecule has 2 unspecified atom stereocenters. The van der Waals surface area contributed by atoms with Crippen molar-refractivity contribution >= 4 is 17.6 Å². The zero-order valence-corrected chi connectivity index (χ0v) is 12.7. The molecule has 0 aliphatic heterocycles. The maximum Gasteiger partial charge on any atom is 0.332 e. The van der Waals surface area contributed by atoms with Gasteiger partial charge in [0.05, 0.1) is 6.61 Å². The van der Waals surface area contributed by atoms with E-state index in [-0.39, 0.29) is 29.3 Å². The first-order chi connectivity index (χ1) is 9.38. The van der Waals surface area contributed by atoms with Crippen molar-refractivity contribution in [3.05, 3.63) is 26.4 Å². The SMILES string of the molecule is CSC(CO)C(C)Nc1c(C#N)c(=O)n(C)c(=O)n1C. The molecule has 8 heteroatoms. The van der Waals surface area contributed by atoms with E-state index in [0.29, 0.717) is 0 Å². The minimum Gasteiger partial charge on any atom is -0.395 e. The highest BCUT2D eigenvalue weighted by molar-refractivity contribution is 7.99. The van der Waals surface area contributed by atoms with Crippen molar-refractivity contribution in [1.82, 2.24) is 9.13 Å². The second-order valence-corrected chi connectivity index (χ2v) is 5.51. The lowest BCUT2D eigenvalue weighted by Gasteiger charge is -2.24. The first-order valence-electron chi connectivity index (χ1n) is 5.99. The lowest BCUT2D eigenvalue weighted by Crippen LogP contribution is -2.42. The third kappa shape index (κ3) is 2.89. The third-order valence-corrected chi connectivity index (χ3v) is 4.34. The highest BCUT2D eigenvalue weighted by Gasteiger charge is 2.20. The Morgan fingerprint density at radius 1 is 1.40 bits per heavy atom. The number of anilines is 1. The van der Waals surface area contributed by atoms with E-state index in [1.807, 2.05) is 19.2 Å². The van der Waals surface area contributed by atoms with Gasteiger partial charge >= 0.3 is 5.69 Å². The number of thioether (sulfide) groups is 1. The number of aromatic nitrogens is 2. The van der Waals surface area contributed by atoms with Crippen molar-refractivity contribution in [1.29, 1.82) is 5.26 Å². The van der Waals surface area contributed by atoms with Gasteiger partial charge in [-0.1, -0.05) is 0 Å². The molecule has 0 aliphatic carbocycles. The summed E-state index contributed by atoms with van der Waals surface area (Å²) in [5.74, 6) is 0.181.